The second-order valence-electron chi connectivity index (χ2n) is 11.3. The van der Waals surface area contributed by atoms with Crippen LogP contribution < -0.4 is 10.6 Å². The summed E-state index contributed by atoms with van der Waals surface area (Å²) in [5.41, 5.74) is 4.96. The van der Waals surface area contributed by atoms with Gasteiger partial charge in [-0.2, -0.15) is 17.8 Å². The Balaban J connectivity index is 1.24. The van der Waals surface area contributed by atoms with E-state index >= 15 is 0 Å². The van der Waals surface area contributed by atoms with Crippen LogP contribution in [0.25, 0.3) is 22.5 Å². The van der Waals surface area contributed by atoms with Gasteiger partial charge in [-0.05, 0) is 40.3 Å². The number of benzene rings is 3. The zero-order chi connectivity index (χ0) is 33.9. The lowest BCUT2D eigenvalue weighted by Gasteiger charge is -2.12. The first-order valence-electron chi connectivity index (χ1n) is 15.8. The average Bonchev–Trinajstić information content (AvgIpc) is 3.76. The van der Waals surface area contributed by atoms with Gasteiger partial charge in [-0.25, -0.2) is 9.78 Å². The van der Waals surface area contributed by atoms with Crippen molar-refractivity contribution in [2.24, 2.45) is 0 Å². The maximum Gasteiger partial charge on any atom is 0.354 e. The molecule has 0 spiro atoms. The minimum absolute atomic E-state index is 0.0333. The molecule has 3 aromatic carbocycles. The summed E-state index contributed by atoms with van der Waals surface area (Å²) in [6.45, 7) is 2.45. The van der Waals surface area contributed by atoms with Gasteiger partial charge in [0.2, 0.25) is 17.6 Å². The summed E-state index contributed by atoms with van der Waals surface area (Å²) in [5, 5.41) is 29.6. The van der Waals surface area contributed by atoms with E-state index in [9.17, 15) is 19.5 Å². The van der Waals surface area contributed by atoms with Crippen LogP contribution in [-0.4, -0.2) is 64.9 Å². The molecule has 48 heavy (non-hydrogen) atoms. The predicted molar refractivity (Wildman–Crippen MR) is 184 cm³/mol. The second kappa shape index (κ2) is 16.5. The number of aromatic amines is 1. The largest absolute Gasteiger partial charge is 0.477 e. The number of aryl methyl sites for hydroxylation is 1. The molecule has 0 saturated heterocycles. The van der Waals surface area contributed by atoms with Gasteiger partial charge in [-0.3, -0.25) is 9.59 Å². The van der Waals surface area contributed by atoms with Crippen LogP contribution in [-0.2, 0) is 35.5 Å². The Bertz CT molecular complexity index is 1830. The van der Waals surface area contributed by atoms with E-state index in [1.807, 2.05) is 78.9 Å². The van der Waals surface area contributed by atoms with Crippen LogP contribution in [0.15, 0.2) is 78.9 Å². The third-order valence-electron chi connectivity index (χ3n) is 7.87. The van der Waals surface area contributed by atoms with Gasteiger partial charge in [-0.1, -0.05) is 92.2 Å². The van der Waals surface area contributed by atoms with Gasteiger partial charge >= 0.3 is 5.97 Å². The maximum atomic E-state index is 12.7. The molecule has 12 nitrogen and oxygen atoms in total. The molecule has 0 aliphatic rings. The van der Waals surface area contributed by atoms with E-state index in [0.29, 0.717) is 31.0 Å². The van der Waals surface area contributed by atoms with Crippen molar-refractivity contribution in [2.75, 3.05) is 6.54 Å². The minimum Gasteiger partial charge on any atom is -0.477 e. The molecule has 1 atom stereocenters. The van der Waals surface area contributed by atoms with E-state index in [1.165, 1.54) is 0 Å². The highest BCUT2D eigenvalue weighted by atomic mass is 32.1. The number of rotatable bonds is 16. The number of imidazole rings is 1. The molecule has 0 aliphatic heterocycles. The monoisotopic (exact) mass is 666 g/mol. The average molecular weight is 667 g/mol. The number of hydrogen-bond donors (Lipinski definition) is 5. The van der Waals surface area contributed by atoms with Crippen molar-refractivity contribution in [1.82, 2.24) is 40.8 Å². The number of carboxylic acid groups (broad SMARTS) is 1. The Hall–Kier alpha value is -5.30. The minimum atomic E-state index is -1.12. The van der Waals surface area contributed by atoms with Crippen LogP contribution in [0.5, 0.6) is 0 Å². The number of carbonyl (C=O) groups is 3. The maximum absolute atomic E-state index is 12.7. The van der Waals surface area contributed by atoms with Crippen LogP contribution in [0.3, 0.4) is 0 Å². The summed E-state index contributed by atoms with van der Waals surface area (Å²) >= 11 is 4.40. The predicted octanol–water partition coefficient (Wildman–Crippen LogP) is 4.48. The van der Waals surface area contributed by atoms with E-state index in [4.69, 9.17) is 0 Å². The van der Waals surface area contributed by atoms with Gasteiger partial charge < -0.3 is 20.3 Å². The van der Waals surface area contributed by atoms with Crippen molar-refractivity contribution in [3.63, 3.8) is 0 Å². The summed E-state index contributed by atoms with van der Waals surface area (Å²) in [7, 11) is 0. The molecule has 0 aliphatic carbocycles. The zero-order valence-corrected chi connectivity index (χ0v) is 27.5. The third-order valence-corrected chi connectivity index (χ3v) is 8.29. The highest BCUT2D eigenvalue weighted by molar-refractivity contribution is 7.81. The molecule has 2 aromatic heterocycles. The molecule has 5 aromatic rings. The van der Waals surface area contributed by atoms with E-state index in [2.05, 4.69) is 55.8 Å². The fourth-order valence-corrected chi connectivity index (χ4v) is 5.71. The van der Waals surface area contributed by atoms with Gasteiger partial charge in [0.15, 0.2) is 5.69 Å². The smallest absolute Gasteiger partial charge is 0.354 e. The summed E-state index contributed by atoms with van der Waals surface area (Å²) in [6, 6.07) is 25.2. The summed E-state index contributed by atoms with van der Waals surface area (Å²) in [6.07, 6.45) is 2.86. The number of aromatic nitrogens is 6. The molecule has 0 radical (unpaired) electrons. The Morgan fingerprint density at radius 3 is 2.35 bits per heavy atom. The fourth-order valence-electron chi connectivity index (χ4n) is 5.41. The normalized spacial score (nSPS) is 11.6. The first kappa shape index (κ1) is 34.0. The third kappa shape index (κ3) is 8.73. The molecule has 0 unspecified atom stereocenters. The van der Waals surface area contributed by atoms with Gasteiger partial charge in [0, 0.05) is 31.5 Å². The molecule has 13 heteroatoms. The summed E-state index contributed by atoms with van der Waals surface area (Å²) in [5.74, 6) is -0.561. The van der Waals surface area contributed by atoms with E-state index in [1.54, 1.807) is 4.57 Å². The van der Waals surface area contributed by atoms with Crippen LogP contribution in [0.2, 0.25) is 0 Å². The van der Waals surface area contributed by atoms with Gasteiger partial charge in [0.1, 0.15) is 5.82 Å². The highest BCUT2D eigenvalue weighted by Crippen LogP contribution is 2.30. The lowest BCUT2D eigenvalue weighted by atomic mass is 9.98. The number of tetrazole rings is 1. The number of amides is 2. The topological polar surface area (TPSA) is 168 Å². The fraction of sp³-hybridized carbons (Fsp3) is 0.286. The molecular weight excluding hydrogens is 629 g/mol. The van der Waals surface area contributed by atoms with Crippen molar-refractivity contribution < 1.29 is 19.5 Å². The number of nitrogens with zero attached hydrogens (tertiary/aromatic N) is 5. The van der Waals surface area contributed by atoms with Gasteiger partial charge in [0.25, 0.3) is 0 Å². The SMILES string of the molecule is CCCCc1nc(CNC(=O)CCNC(=O)[C@@H](S)Cc2ccccc2)c(C(=O)O)n1Cc1ccc(-c2ccccc2-c2nn[nH]n2)cc1. The molecule has 0 saturated carbocycles. The first-order chi connectivity index (χ1) is 23.3. The van der Waals surface area contributed by atoms with Gasteiger partial charge in [0.05, 0.1) is 17.5 Å². The van der Waals surface area contributed by atoms with Crippen molar-refractivity contribution in [2.45, 2.75) is 57.4 Å². The number of hydrogen-bond acceptors (Lipinski definition) is 8. The first-order valence-corrected chi connectivity index (χ1v) is 16.4. The lowest BCUT2D eigenvalue weighted by molar-refractivity contribution is -0.122. The Labute approximate surface area is 283 Å². The molecule has 0 fully saturated rings. The van der Waals surface area contributed by atoms with Crippen molar-refractivity contribution >= 4 is 30.4 Å². The number of aromatic carboxylic acids is 1. The Kier molecular flexibility index (Phi) is 11.7. The summed E-state index contributed by atoms with van der Waals surface area (Å²) < 4.78 is 1.72. The molecular formula is C35H38N8O4S. The molecule has 5 rings (SSSR count). The van der Waals surface area contributed by atoms with Gasteiger partial charge in [-0.15, -0.1) is 10.2 Å². The number of unbranched alkanes of at least 4 members (excludes halogenated alkanes) is 1. The summed E-state index contributed by atoms with van der Waals surface area (Å²) in [4.78, 5) is 42.3. The van der Waals surface area contributed by atoms with Crippen LogP contribution >= 0.6 is 12.6 Å². The lowest BCUT2D eigenvalue weighted by Crippen LogP contribution is -2.35. The molecule has 2 heterocycles. The van der Waals surface area contributed by atoms with Crippen LogP contribution in [0.4, 0.5) is 0 Å². The molecule has 248 valence electrons. The van der Waals surface area contributed by atoms with Crippen molar-refractivity contribution in [1.29, 1.82) is 0 Å². The van der Waals surface area contributed by atoms with Crippen molar-refractivity contribution in [3.05, 3.63) is 107 Å². The Morgan fingerprint density at radius 2 is 1.67 bits per heavy atom. The van der Waals surface area contributed by atoms with Crippen molar-refractivity contribution in [3.8, 4) is 22.5 Å². The van der Waals surface area contributed by atoms with E-state index < -0.39 is 11.2 Å². The van der Waals surface area contributed by atoms with Crippen LogP contribution in [0.1, 0.15) is 59.3 Å². The van der Waals surface area contributed by atoms with E-state index in [0.717, 1.165) is 40.7 Å². The number of carboxylic acids is 1. The standard InChI is InChI=1S/C35H38N8O4S/c1-2-3-13-30-38-28(21-37-31(44)18-19-36-34(45)29(48)20-23-9-5-4-6-10-23)32(35(46)47)43(30)22-24-14-16-25(17-15-24)26-11-7-8-12-27(26)33-39-41-42-40-33/h4-12,14-17,29,48H,2-3,13,18-22H2,1H3,(H,36,45)(H,37,44)(H,46,47)(H,39,40,41,42)/t29-/m0/s1. The molecule has 2 amide bonds. The Morgan fingerprint density at radius 1 is 0.938 bits per heavy atom. The quantitative estimate of drug-likeness (QED) is 0.0961. The zero-order valence-electron chi connectivity index (χ0n) is 26.6. The highest BCUT2D eigenvalue weighted by Gasteiger charge is 2.23. The van der Waals surface area contributed by atoms with E-state index in [-0.39, 0.29) is 42.7 Å². The van der Waals surface area contributed by atoms with Crippen LogP contribution in [0, 0.1) is 0 Å². The number of thiol groups is 1. The second-order valence-corrected chi connectivity index (χ2v) is 11.9. The number of nitrogens with one attached hydrogen (secondary N) is 3. The molecule has 0 bridgehead atoms. The number of carbonyl (C=O) groups excluding carboxylic acids is 2. The number of H-pyrrole nitrogens is 1. The molecule has 4 N–H and O–H groups in total.